The lowest BCUT2D eigenvalue weighted by atomic mass is 10.2. The number of carbonyl (C=O) groups excluding carboxylic acids is 2. The molecule has 0 aliphatic rings. The first-order chi connectivity index (χ1) is 15.8. The smallest absolute Gasteiger partial charge is 0.253 e. The predicted octanol–water partition coefficient (Wildman–Crippen LogP) is 4.84. The Morgan fingerprint density at radius 2 is 1.88 bits per heavy atom. The molecule has 3 rings (SSSR count). The molecule has 0 spiro atoms. The zero-order valence-electron chi connectivity index (χ0n) is 18.3. The molecule has 0 saturated heterocycles. The molecule has 1 heterocycles. The number of hydrogen-bond acceptors (Lipinski definition) is 6. The Kier molecular flexibility index (Phi) is 8.60. The van der Waals surface area contributed by atoms with E-state index in [4.69, 9.17) is 27.9 Å². The van der Waals surface area contributed by atoms with Crippen LogP contribution in [0.25, 0.3) is 0 Å². The summed E-state index contributed by atoms with van der Waals surface area (Å²) in [6, 6.07) is 11.3. The van der Waals surface area contributed by atoms with Gasteiger partial charge in [-0.3, -0.25) is 9.59 Å². The fraction of sp³-hybridized carbons (Fsp3) is 0.273. The summed E-state index contributed by atoms with van der Waals surface area (Å²) in [5.41, 5.74) is 0.997. The Balaban J connectivity index is 1.62. The van der Waals surface area contributed by atoms with Crippen LogP contribution in [-0.2, 0) is 11.3 Å². The number of aromatic nitrogens is 3. The second kappa shape index (κ2) is 11.4. The van der Waals surface area contributed by atoms with Crippen molar-refractivity contribution in [3.63, 3.8) is 0 Å². The van der Waals surface area contributed by atoms with E-state index >= 15 is 0 Å². The van der Waals surface area contributed by atoms with E-state index in [-0.39, 0.29) is 22.6 Å². The Morgan fingerprint density at radius 3 is 2.52 bits per heavy atom. The molecule has 0 unspecified atom stereocenters. The van der Waals surface area contributed by atoms with Crippen LogP contribution in [-0.4, -0.2) is 39.4 Å². The summed E-state index contributed by atoms with van der Waals surface area (Å²) < 4.78 is 6.97. The molecule has 2 aromatic carbocycles. The lowest BCUT2D eigenvalue weighted by Crippen LogP contribution is -2.29. The summed E-state index contributed by atoms with van der Waals surface area (Å²) in [5, 5.41) is 15.4. The van der Waals surface area contributed by atoms with Gasteiger partial charge in [0.05, 0.1) is 29.5 Å². The van der Waals surface area contributed by atoms with Gasteiger partial charge in [0.2, 0.25) is 5.91 Å². The molecule has 0 bridgehead atoms. The molecule has 11 heteroatoms. The van der Waals surface area contributed by atoms with Crippen LogP contribution in [0.3, 0.4) is 0 Å². The fourth-order valence-electron chi connectivity index (χ4n) is 3.04. The molecule has 3 aromatic rings. The van der Waals surface area contributed by atoms with Gasteiger partial charge in [-0.25, -0.2) is 0 Å². The quantitative estimate of drug-likeness (QED) is 0.402. The minimum absolute atomic E-state index is 0.158. The molecule has 33 heavy (non-hydrogen) atoms. The number of carbonyl (C=O) groups is 2. The third-order valence-electron chi connectivity index (χ3n) is 4.68. The van der Waals surface area contributed by atoms with Crippen molar-refractivity contribution in [1.82, 2.24) is 20.1 Å². The first kappa shape index (κ1) is 24.9. The third-order valence-corrected chi connectivity index (χ3v) is 6.19. The van der Waals surface area contributed by atoms with Crippen LogP contribution in [0.4, 0.5) is 5.69 Å². The molecule has 1 atom stereocenters. The molecule has 0 fully saturated rings. The average Bonchev–Trinajstić information content (AvgIpc) is 3.21. The first-order valence-electron chi connectivity index (χ1n) is 10.1. The van der Waals surface area contributed by atoms with E-state index in [1.54, 1.807) is 43.5 Å². The number of ether oxygens (including phenoxy) is 1. The van der Waals surface area contributed by atoms with Crippen molar-refractivity contribution in [2.24, 2.45) is 0 Å². The van der Waals surface area contributed by atoms with Gasteiger partial charge in [0, 0.05) is 17.3 Å². The van der Waals surface area contributed by atoms with Crippen molar-refractivity contribution in [2.75, 3.05) is 18.2 Å². The molecule has 1 aromatic heterocycles. The van der Waals surface area contributed by atoms with Gasteiger partial charge in [-0.05, 0) is 56.3 Å². The lowest BCUT2D eigenvalue weighted by Gasteiger charge is -2.15. The van der Waals surface area contributed by atoms with E-state index in [0.717, 1.165) is 0 Å². The van der Waals surface area contributed by atoms with Gasteiger partial charge in [0.25, 0.3) is 5.91 Å². The highest BCUT2D eigenvalue weighted by atomic mass is 35.5. The lowest BCUT2D eigenvalue weighted by molar-refractivity contribution is -0.113. The SMILES string of the molecule is CCn1c(SCC(=O)Nc2ccc(OC)cc2)nnc1[C@@H](C)NC(=O)c1ccc(Cl)cc1Cl. The first-order valence-corrected chi connectivity index (χ1v) is 11.8. The molecule has 0 saturated carbocycles. The van der Waals surface area contributed by atoms with Crippen molar-refractivity contribution in [2.45, 2.75) is 31.6 Å². The molecule has 8 nitrogen and oxygen atoms in total. The second-order valence-electron chi connectivity index (χ2n) is 6.97. The van der Waals surface area contributed by atoms with E-state index in [1.165, 1.54) is 17.8 Å². The van der Waals surface area contributed by atoms with Crippen molar-refractivity contribution < 1.29 is 14.3 Å². The minimum atomic E-state index is -0.431. The normalized spacial score (nSPS) is 11.7. The van der Waals surface area contributed by atoms with Crippen LogP contribution in [0.1, 0.15) is 36.1 Å². The van der Waals surface area contributed by atoms with Crippen LogP contribution < -0.4 is 15.4 Å². The molecular formula is C22H23Cl2N5O3S. The van der Waals surface area contributed by atoms with Gasteiger partial charge in [-0.2, -0.15) is 0 Å². The van der Waals surface area contributed by atoms with E-state index in [1.807, 2.05) is 18.4 Å². The van der Waals surface area contributed by atoms with Gasteiger partial charge >= 0.3 is 0 Å². The Hall–Kier alpha value is -2.75. The monoisotopic (exact) mass is 507 g/mol. The van der Waals surface area contributed by atoms with Gasteiger partial charge in [-0.1, -0.05) is 35.0 Å². The summed E-state index contributed by atoms with van der Waals surface area (Å²) >= 11 is 13.3. The maximum atomic E-state index is 12.6. The maximum absolute atomic E-state index is 12.6. The van der Waals surface area contributed by atoms with E-state index in [9.17, 15) is 9.59 Å². The van der Waals surface area contributed by atoms with E-state index in [0.29, 0.717) is 39.5 Å². The van der Waals surface area contributed by atoms with Crippen molar-refractivity contribution in [3.05, 3.63) is 63.9 Å². The zero-order chi connectivity index (χ0) is 24.0. The highest BCUT2D eigenvalue weighted by Gasteiger charge is 2.21. The summed E-state index contributed by atoms with van der Waals surface area (Å²) in [6.45, 7) is 4.33. The molecule has 0 radical (unpaired) electrons. The van der Waals surface area contributed by atoms with Crippen molar-refractivity contribution in [1.29, 1.82) is 0 Å². The summed E-state index contributed by atoms with van der Waals surface area (Å²) in [4.78, 5) is 25.0. The largest absolute Gasteiger partial charge is 0.497 e. The number of hydrogen-bond donors (Lipinski definition) is 2. The highest BCUT2D eigenvalue weighted by molar-refractivity contribution is 7.99. The third kappa shape index (κ3) is 6.40. The average molecular weight is 508 g/mol. The van der Waals surface area contributed by atoms with Gasteiger partial charge in [0.1, 0.15) is 5.75 Å². The summed E-state index contributed by atoms with van der Waals surface area (Å²) in [7, 11) is 1.58. The number of benzene rings is 2. The number of halogens is 2. The number of methoxy groups -OCH3 is 1. The highest BCUT2D eigenvalue weighted by Crippen LogP contribution is 2.24. The van der Waals surface area contributed by atoms with Crippen LogP contribution in [0.15, 0.2) is 47.6 Å². The number of nitrogens with zero attached hydrogens (tertiary/aromatic N) is 3. The minimum Gasteiger partial charge on any atom is -0.497 e. The standard InChI is InChI=1S/C22H23Cl2N5O3S/c1-4-29-20(13(2)25-21(31)17-10-5-14(23)11-18(17)24)27-28-22(29)33-12-19(30)26-15-6-8-16(32-3)9-7-15/h5-11,13H,4,12H2,1-3H3,(H,25,31)(H,26,30)/t13-/m1/s1. The van der Waals surface area contributed by atoms with Gasteiger partial charge in [-0.15, -0.1) is 10.2 Å². The summed E-state index contributed by atoms with van der Waals surface area (Å²) in [6.07, 6.45) is 0. The number of nitrogens with one attached hydrogen (secondary N) is 2. The molecular weight excluding hydrogens is 485 g/mol. The number of amides is 2. The topological polar surface area (TPSA) is 98.1 Å². The zero-order valence-corrected chi connectivity index (χ0v) is 20.6. The molecule has 2 amide bonds. The number of rotatable bonds is 9. The van der Waals surface area contributed by atoms with E-state index < -0.39 is 6.04 Å². The van der Waals surface area contributed by atoms with Crippen LogP contribution in [0.2, 0.25) is 10.0 Å². The van der Waals surface area contributed by atoms with Gasteiger partial charge in [0.15, 0.2) is 11.0 Å². The Morgan fingerprint density at radius 1 is 1.15 bits per heavy atom. The van der Waals surface area contributed by atoms with Crippen LogP contribution >= 0.6 is 35.0 Å². The van der Waals surface area contributed by atoms with Crippen LogP contribution in [0, 0.1) is 0 Å². The maximum Gasteiger partial charge on any atom is 0.253 e. The molecule has 174 valence electrons. The number of thioether (sulfide) groups is 1. The molecule has 0 aliphatic carbocycles. The fourth-order valence-corrected chi connectivity index (χ4v) is 4.34. The Bertz CT molecular complexity index is 1140. The van der Waals surface area contributed by atoms with Crippen molar-refractivity contribution >= 4 is 52.5 Å². The number of anilines is 1. The molecule has 0 aliphatic heterocycles. The second-order valence-corrected chi connectivity index (χ2v) is 8.76. The molecule has 2 N–H and O–H groups in total. The van der Waals surface area contributed by atoms with Crippen molar-refractivity contribution in [3.8, 4) is 5.75 Å². The summed E-state index contributed by atoms with van der Waals surface area (Å²) in [5.74, 6) is 0.934. The Labute approximate surface area is 206 Å². The van der Waals surface area contributed by atoms with E-state index in [2.05, 4.69) is 20.8 Å². The van der Waals surface area contributed by atoms with Gasteiger partial charge < -0.3 is 19.9 Å². The predicted molar refractivity (Wildman–Crippen MR) is 130 cm³/mol. The van der Waals surface area contributed by atoms with Crippen LogP contribution in [0.5, 0.6) is 5.75 Å².